The van der Waals surface area contributed by atoms with E-state index in [1.165, 1.54) is 12.1 Å². The number of rotatable bonds is 4. The number of anilines is 2. The molecule has 5 rings (SSSR count). The van der Waals surface area contributed by atoms with Gasteiger partial charge in [-0.2, -0.15) is 13.2 Å². The van der Waals surface area contributed by atoms with Crippen LogP contribution in [-0.2, 0) is 6.18 Å². The molecule has 2 atom stereocenters. The second kappa shape index (κ2) is 8.46. The molecule has 0 amide bonds. The van der Waals surface area contributed by atoms with Crippen molar-refractivity contribution in [3.8, 4) is 0 Å². The van der Waals surface area contributed by atoms with E-state index in [1.54, 1.807) is 12.4 Å². The lowest BCUT2D eigenvalue weighted by Gasteiger charge is -2.32. The first kappa shape index (κ1) is 21.4. The minimum absolute atomic E-state index is 0.0840. The Labute approximate surface area is 187 Å². The average molecular weight is 455 g/mol. The highest BCUT2D eigenvalue weighted by Gasteiger charge is 2.34. The Morgan fingerprint density at radius 1 is 0.848 bits per heavy atom. The summed E-state index contributed by atoms with van der Waals surface area (Å²) in [5.74, 6) is 0.216. The first-order chi connectivity index (χ1) is 15.9. The van der Waals surface area contributed by atoms with Crippen LogP contribution in [0.4, 0.5) is 29.1 Å². The van der Waals surface area contributed by atoms with E-state index in [0.29, 0.717) is 11.8 Å². The van der Waals surface area contributed by atoms with Gasteiger partial charge in [-0.15, -0.1) is 0 Å². The number of alkyl halides is 3. The first-order valence-corrected chi connectivity index (χ1v) is 10.8. The number of aromatic nitrogens is 3. The molecule has 1 saturated carbocycles. The first-order valence-electron chi connectivity index (χ1n) is 10.8. The van der Waals surface area contributed by atoms with Crippen molar-refractivity contribution in [2.75, 3.05) is 10.6 Å². The fourth-order valence-electron chi connectivity index (χ4n) is 4.45. The van der Waals surface area contributed by atoms with Crippen LogP contribution in [0.15, 0.2) is 54.9 Å². The highest BCUT2D eigenvalue weighted by Crippen LogP contribution is 2.35. The maximum absolute atomic E-state index is 13.9. The molecule has 1 aliphatic rings. The van der Waals surface area contributed by atoms with Crippen LogP contribution in [0.5, 0.6) is 0 Å². The van der Waals surface area contributed by atoms with Crippen molar-refractivity contribution in [1.29, 1.82) is 0 Å². The second-order valence-electron chi connectivity index (χ2n) is 8.29. The molecule has 4 aromatic rings. The summed E-state index contributed by atoms with van der Waals surface area (Å²) in [6.45, 7) is 0. The molecule has 9 heteroatoms. The summed E-state index contributed by atoms with van der Waals surface area (Å²) < 4.78 is 54.1. The number of nitrogens with one attached hydrogen (secondary N) is 2. The monoisotopic (exact) mass is 455 g/mol. The van der Waals surface area contributed by atoms with Crippen LogP contribution in [0.1, 0.15) is 31.4 Å². The van der Waals surface area contributed by atoms with Crippen LogP contribution in [0.2, 0.25) is 0 Å². The van der Waals surface area contributed by atoms with Crippen molar-refractivity contribution >= 4 is 33.3 Å². The molecule has 1 aromatic carbocycles. The molecule has 1 aliphatic carbocycles. The lowest BCUT2D eigenvalue weighted by molar-refractivity contribution is -0.140. The van der Waals surface area contributed by atoms with Gasteiger partial charge in [0.25, 0.3) is 0 Å². The SMILES string of the molecule is Fc1ccc2nc(C(F)(F)F)cc(N[C@H]3CCC[C@@H](Nc4nccc5ncccc45)C3)c2c1. The van der Waals surface area contributed by atoms with Gasteiger partial charge in [0.05, 0.1) is 11.0 Å². The molecule has 0 spiro atoms. The Morgan fingerprint density at radius 3 is 2.48 bits per heavy atom. The van der Waals surface area contributed by atoms with Gasteiger partial charge in [0.15, 0.2) is 0 Å². The summed E-state index contributed by atoms with van der Waals surface area (Å²) in [5.41, 5.74) is 0.184. The van der Waals surface area contributed by atoms with E-state index < -0.39 is 17.7 Å². The topological polar surface area (TPSA) is 62.7 Å². The Balaban J connectivity index is 1.40. The number of pyridine rings is 3. The summed E-state index contributed by atoms with van der Waals surface area (Å²) >= 11 is 0. The third-order valence-electron chi connectivity index (χ3n) is 5.97. The van der Waals surface area contributed by atoms with Crippen LogP contribution >= 0.6 is 0 Å². The molecule has 0 saturated heterocycles. The number of halogens is 4. The zero-order valence-corrected chi connectivity index (χ0v) is 17.5. The summed E-state index contributed by atoms with van der Waals surface area (Å²) in [7, 11) is 0. The highest BCUT2D eigenvalue weighted by atomic mass is 19.4. The summed E-state index contributed by atoms with van der Waals surface area (Å²) in [6, 6.07) is 10.2. The minimum Gasteiger partial charge on any atom is -0.382 e. The van der Waals surface area contributed by atoms with Gasteiger partial charge in [-0.3, -0.25) is 4.98 Å². The average Bonchev–Trinajstić information content (AvgIpc) is 2.79. The van der Waals surface area contributed by atoms with Crippen LogP contribution in [-0.4, -0.2) is 27.0 Å². The lowest BCUT2D eigenvalue weighted by Crippen LogP contribution is -2.34. The molecule has 5 nitrogen and oxygen atoms in total. The van der Waals surface area contributed by atoms with Gasteiger partial charge >= 0.3 is 6.18 Å². The van der Waals surface area contributed by atoms with Crippen LogP contribution in [0.25, 0.3) is 21.8 Å². The molecule has 0 radical (unpaired) electrons. The Hall–Kier alpha value is -3.49. The van der Waals surface area contributed by atoms with E-state index in [0.717, 1.165) is 48.1 Å². The van der Waals surface area contributed by atoms with Gasteiger partial charge in [0.1, 0.15) is 17.3 Å². The van der Waals surface area contributed by atoms with Gasteiger partial charge in [0.2, 0.25) is 0 Å². The third-order valence-corrected chi connectivity index (χ3v) is 5.97. The fourth-order valence-corrected chi connectivity index (χ4v) is 4.45. The van der Waals surface area contributed by atoms with E-state index in [1.807, 2.05) is 18.2 Å². The lowest BCUT2D eigenvalue weighted by atomic mass is 9.90. The van der Waals surface area contributed by atoms with Gasteiger partial charge in [-0.1, -0.05) is 0 Å². The van der Waals surface area contributed by atoms with Crippen LogP contribution in [0.3, 0.4) is 0 Å². The van der Waals surface area contributed by atoms with Crippen molar-refractivity contribution in [1.82, 2.24) is 15.0 Å². The number of fused-ring (bicyclic) bond motifs is 2. The number of hydrogen-bond acceptors (Lipinski definition) is 5. The quantitative estimate of drug-likeness (QED) is 0.360. The van der Waals surface area contributed by atoms with Gasteiger partial charge in [-0.25, -0.2) is 14.4 Å². The molecule has 0 unspecified atom stereocenters. The molecule has 2 N–H and O–H groups in total. The molecule has 33 heavy (non-hydrogen) atoms. The Bertz CT molecular complexity index is 1300. The Morgan fingerprint density at radius 2 is 1.67 bits per heavy atom. The van der Waals surface area contributed by atoms with E-state index in [2.05, 4.69) is 25.6 Å². The van der Waals surface area contributed by atoms with Crippen LogP contribution < -0.4 is 10.6 Å². The fraction of sp³-hybridized carbons (Fsp3) is 0.292. The third kappa shape index (κ3) is 4.53. The van der Waals surface area contributed by atoms with Crippen molar-refractivity contribution in [2.24, 2.45) is 0 Å². The van der Waals surface area contributed by atoms with E-state index in [-0.39, 0.29) is 23.3 Å². The van der Waals surface area contributed by atoms with Gasteiger partial charge < -0.3 is 10.6 Å². The largest absolute Gasteiger partial charge is 0.433 e. The molecule has 3 heterocycles. The summed E-state index contributed by atoms with van der Waals surface area (Å²) in [5, 5.41) is 7.97. The number of nitrogens with zero attached hydrogens (tertiary/aromatic N) is 3. The van der Waals surface area contributed by atoms with E-state index in [4.69, 9.17) is 0 Å². The molecule has 0 aliphatic heterocycles. The predicted molar refractivity (Wildman–Crippen MR) is 120 cm³/mol. The molecule has 170 valence electrons. The second-order valence-corrected chi connectivity index (χ2v) is 8.29. The summed E-state index contributed by atoms with van der Waals surface area (Å²) in [4.78, 5) is 12.5. The highest BCUT2D eigenvalue weighted by molar-refractivity contribution is 5.92. The molecule has 1 fully saturated rings. The van der Waals surface area contributed by atoms with Crippen LogP contribution in [0, 0.1) is 5.82 Å². The summed E-state index contributed by atoms with van der Waals surface area (Å²) in [6.07, 6.45) is 2.11. The van der Waals surface area contributed by atoms with E-state index >= 15 is 0 Å². The molecular formula is C24H21F4N5. The molecule has 3 aromatic heterocycles. The van der Waals surface area contributed by atoms with Gasteiger partial charge in [0, 0.05) is 40.9 Å². The molecular weight excluding hydrogens is 434 g/mol. The number of hydrogen-bond donors (Lipinski definition) is 2. The smallest absolute Gasteiger partial charge is 0.382 e. The zero-order chi connectivity index (χ0) is 23.0. The van der Waals surface area contributed by atoms with Crippen molar-refractivity contribution in [3.05, 3.63) is 66.4 Å². The number of benzene rings is 1. The maximum Gasteiger partial charge on any atom is 0.433 e. The van der Waals surface area contributed by atoms with Gasteiger partial charge in [-0.05, 0) is 68.1 Å². The minimum atomic E-state index is -4.59. The standard InChI is InChI=1S/C24H21F4N5/c25-14-6-7-20-18(11-14)21(13-22(33-20)24(26,27)28)31-15-3-1-4-16(12-15)32-23-17-5-2-9-29-19(17)8-10-30-23/h2,5-11,13,15-16H,1,3-4,12H2,(H,30,32)(H,31,33)/t15-,16+/m0/s1. The van der Waals surface area contributed by atoms with Crippen molar-refractivity contribution in [2.45, 2.75) is 43.9 Å². The predicted octanol–water partition coefficient (Wildman–Crippen LogP) is 6.17. The Kier molecular flexibility index (Phi) is 5.47. The van der Waals surface area contributed by atoms with Crippen molar-refractivity contribution < 1.29 is 17.6 Å². The van der Waals surface area contributed by atoms with E-state index in [9.17, 15) is 17.6 Å². The zero-order valence-electron chi connectivity index (χ0n) is 17.5. The molecule has 0 bridgehead atoms. The van der Waals surface area contributed by atoms with Crippen molar-refractivity contribution in [3.63, 3.8) is 0 Å². The normalized spacial score (nSPS) is 19.0. The maximum atomic E-state index is 13.9.